The Bertz CT molecular complexity index is 772. The molecule has 0 bridgehead atoms. The number of rotatable bonds is 5. The fraction of sp³-hybridized carbons (Fsp3) is 0.214. The summed E-state index contributed by atoms with van der Waals surface area (Å²) in [4.78, 5) is 12.0. The molecule has 8 heteroatoms. The molecule has 0 spiro atoms. The van der Waals surface area contributed by atoms with Crippen molar-refractivity contribution in [1.29, 1.82) is 0 Å². The van der Waals surface area contributed by atoms with Crippen molar-refractivity contribution in [2.75, 3.05) is 7.11 Å². The van der Waals surface area contributed by atoms with Crippen LogP contribution in [0, 0.1) is 0 Å². The van der Waals surface area contributed by atoms with Crippen LogP contribution in [-0.4, -0.2) is 28.0 Å². The molecule has 0 radical (unpaired) electrons. The maximum Gasteiger partial charge on any atom is 0.345 e. The summed E-state index contributed by atoms with van der Waals surface area (Å²) in [6.07, 6.45) is 3.06. The van der Waals surface area contributed by atoms with Gasteiger partial charge in [0.05, 0.1) is 13.4 Å². The second-order valence-corrected chi connectivity index (χ2v) is 4.46. The van der Waals surface area contributed by atoms with Gasteiger partial charge in [-0.1, -0.05) is 5.16 Å². The molecule has 0 atom stereocenters. The van der Waals surface area contributed by atoms with Gasteiger partial charge >= 0.3 is 5.97 Å². The summed E-state index contributed by atoms with van der Waals surface area (Å²) in [7, 11) is 3.12. The van der Waals surface area contributed by atoms with Crippen LogP contribution in [0.15, 0.2) is 39.6 Å². The number of methoxy groups -OCH3 is 1. The van der Waals surface area contributed by atoms with E-state index in [1.165, 1.54) is 24.3 Å². The first-order valence-electron chi connectivity index (χ1n) is 6.41. The van der Waals surface area contributed by atoms with Crippen molar-refractivity contribution < 1.29 is 23.2 Å². The number of aryl methyl sites for hydroxylation is 1. The van der Waals surface area contributed by atoms with Gasteiger partial charge in [0, 0.05) is 19.3 Å². The van der Waals surface area contributed by atoms with Gasteiger partial charge in [0.15, 0.2) is 5.76 Å². The first kappa shape index (κ1) is 13.9. The van der Waals surface area contributed by atoms with Crippen LogP contribution in [0.5, 0.6) is 5.88 Å². The molecule has 0 N–H and O–H groups in total. The molecule has 114 valence electrons. The summed E-state index contributed by atoms with van der Waals surface area (Å²) >= 11 is 0. The second-order valence-electron chi connectivity index (χ2n) is 4.46. The van der Waals surface area contributed by atoms with Gasteiger partial charge < -0.3 is 18.4 Å². The Morgan fingerprint density at radius 1 is 1.41 bits per heavy atom. The van der Waals surface area contributed by atoms with Crippen LogP contribution in [-0.2, 0) is 18.4 Å². The molecular formula is C14H13N3O5. The molecule has 0 saturated heterocycles. The SMILES string of the molecule is COc1nn(C)cc1C(=O)OCc1cc(-c2ccco2)on1. The summed E-state index contributed by atoms with van der Waals surface area (Å²) in [5, 5.41) is 7.81. The Morgan fingerprint density at radius 2 is 2.27 bits per heavy atom. The molecule has 8 nitrogen and oxygen atoms in total. The Hall–Kier alpha value is -3.03. The van der Waals surface area contributed by atoms with Crippen molar-refractivity contribution >= 4 is 5.97 Å². The van der Waals surface area contributed by atoms with Crippen LogP contribution in [0.4, 0.5) is 0 Å². The van der Waals surface area contributed by atoms with Gasteiger partial charge in [-0.05, 0) is 12.1 Å². The van der Waals surface area contributed by atoms with E-state index in [2.05, 4.69) is 10.3 Å². The summed E-state index contributed by atoms with van der Waals surface area (Å²) in [5.74, 6) is 0.686. The Balaban J connectivity index is 1.66. The third-order valence-electron chi connectivity index (χ3n) is 2.88. The smallest absolute Gasteiger partial charge is 0.345 e. The second kappa shape index (κ2) is 5.76. The zero-order valence-electron chi connectivity index (χ0n) is 12.0. The first-order chi connectivity index (χ1) is 10.7. The van der Waals surface area contributed by atoms with Crippen molar-refractivity contribution in [2.24, 2.45) is 7.05 Å². The third-order valence-corrected chi connectivity index (χ3v) is 2.88. The molecule has 22 heavy (non-hydrogen) atoms. The van der Waals surface area contributed by atoms with Gasteiger partial charge in [-0.15, -0.1) is 5.10 Å². The van der Waals surface area contributed by atoms with E-state index in [0.717, 1.165) is 0 Å². The lowest BCUT2D eigenvalue weighted by Gasteiger charge is -2.01. The van der Waals surface area contributed by atoms with Crippen LogP contribution in [0.2, 0.25) is 0 Å². The number of aromatic nitrogens is 3. The minimum absolute atomic E-state index is 0.0267. The molecule has 0 aliphatic rings. The molecule has 0 fully saturated rings. The zero-order chi connectivity index (χ0) is 15.5. The van der Waals surface area contributed by atoms with Crippen molar-refractivity contribution in [3.05, 3.63) is 41.9 Å². The number of nitrogens with zero attached hydrogens (tertiary/aromatic N) is 3. The minimum Gasteiger partial charge on any atom is -0.479 e. The fourth-order valence-corrected chi connectivity index (χ4v) is 1.89. The van der Waals surface area contributed by atoms with Crippen molar-refractivity contribution in [1.82, 2.24) is 14.9 Å². The predicted octanol–water partition coefficient (Wildman–Crippen LogP) is 2.03. The average Bonchev–Trinajstić information content (AvgIpc) is 3.24. The molecule has 3 aromatic heterocycles. The molecule has 3 aromatic rings. The highest BCUT2D eigenvalue weighted by molar-refractivity contribution is 5.91. The number of furan rings is 1. The topological polar surface area (TPSA) is 92.5 Å². The monoisotopic (exact) mass is 303 g/mol. The molecule has 3 rings (SSSR count). The highest BCUT2D eigenvalue weighted by Crippen LogP contribution is 2.21. The summed E-state index contributed by atoms with van der Waals surface area (Å²) in [6, 6.07) is 5.13. The quantitative estimate of drug-likeness (QED) is 0.666. The molecular weight excluding hydrogens is 290 g/mol. The van der Waals surface area contributed by atoms with E-state index >= 15 is 0 Å². The van der Waals surface area contributed by atoms with E-state index in [9.17, 15) is 4.79 Å². The van der Waals surface area contributed by atoms with E-state index in [4.69, 9.17) is 18.4 Å². The predicted molar refractivity (Wildman–Crippen MR) is 73.1 cm³/mol. The van der Waals surface area contributed by atoms with Gasteiger partial charge in [-0.3, -0.25) is 4.68 Å². The van der Waals surface area contributed by atoms with Crippen molar-refractivity contribution in [2.45, 2.75) is 6.61 Å². The average molecular weight is 303 g/mol. The first-order valence-corrected chi connectivity index (χ1v) is 6.41. The van der Waals surface area contributed by atoms with Crippen LogP contribution < -0.4 is 4.74 Å². The lowest BCUT2D eigenvalue weighted by Crippen LogP contribution is -2.06. The number of ether oxygens (including phenoxy) is 2. The van der Waals surface area contributed by atoms with Crippen molar-refractivity contribution in [3.8, 4) is 17.4 Å². The van der Waals surface area contributed by atoms with Crippen LogP contribution in [0.25, 0.3) is 11.5 Å². The van der Waals surface area contributed by atoms with Gasteiger partial charge in [-0.2, -0.15) is 0 Å². The number of carbonyl (C=O) groups is 1. The fourth-order valence-electron chi connectivity index (χ4n) is 1.89. The van der Waals surface area contributed by atoms with Crippen LogP contribution >= 0.6 is 0 Å². The van der Waals surface area contributed by atoms with Crippen LogP contribution in [0.1, 0.15) is 16.1 Å². The number of carbonyl (C=O) groups excluding carboxylic acids is 1. The maximum atomic E-state index is 12.0. The van der Waals surface area contributed by atoms with E-state index in [0.29, 0.717) is 17.2 Å². The Morgan fingerprint density at radius 3 is 3.00 bits per heavy atom. The molecule has 0 unspecified atom stereocenters. The third kappa shape index (κ3) is 2.71. The number of hydrogen-bond acceptors (Lipinski definition) is 7. The summed E-state index contributed by atoms with van der Waals surface area (Å²) in [5.41, 5.74) is 0.724. The summed E-state index contributed by atoms with van der Waals surface area (Å²) in [6.45, 7) is -0.0267. The molecule has 3 heterocycles. The lowest BCUT2D eigenvalue weighted by atomic mass is 10.3. The highest BCUT2D eigenvalue weighted by Gasteiger charge is 2.19. The molecule has 0 aliphatic heterocycles. The minimum atomic E-state index is -0.549. The molecule has 0 saturated carbocycles. The van der Waals surface area contributed by atoms with Crippen LogP contribution in [0.3, 0.4) is 0 Å². The normalized spacial score (nSPS) is 10.6. The summed E-state index contributed by atoms with van der Waals surface area (Å²) < 4.78 is 22.0. The van der Waals surface area contributed by atoms with Gasteiger partial charge in [-0.25, -0.2) is 4.79 Å². The maximum absolute atomic E-state index is 12.0. The number of hydrogen-bond donors (Lipinski definition) is 0. The highest BCUT2D eigenvalue weighted by atomic mass is 16.5. The zero-order valence-corrected chi connectivity index (χ0v) is 12.0. The van der Waals surface area contributed by atoms with E-state index in [1.807, 2.05) is 0 Å². The lowest BCUT2D eigenvalue weighted by molar-refractivity contribution is 0.0460. The van der Waals surface area contributed by atoms with Gasteiger partial charge in [0.1, 0.15) is 17.9 Å². The molecule has 0 aliphatic carbocycles. The largest absolute Gasteiger partial charge is 0.479 e. The van der Waals surface area contributed by atoms with E-state index < -0.39 is 5.97 Å². The van der Waals surface area contributed by atoms with E-state index in [1.54, 1.807) is 25.2 Å². The Labute approximate surface area is 125 Å². The van der Waals surface area contributed by atoms with Gasteiger partial charge in [0.2, 0.25) is 11.6 Å². The standard InChI is InChI=1S/C14H13N3O5/c1-17-7-10(13(15-17)19-2)14(18)21-8-9-6-12(22-16-9)11-4-3-5-20-11/h3-7H,8H2,1-2H3. The Kier molecular flexibility index (Phi) is 3.65. The molecule has 0 amide bonds. The number of esters is 1. The van der Waals surface area contributed by atoms with Gasteiger partial charge in [0.25, 0.3) is 0 Å². The van der Waals surface area contributed by atoms with E-state index in [-0.39, 0.29) is 18.1 Å². The molecule has 0 aromatic carbocycles. The van der Waals surface area contributed by atoms with Crippen molar-refractivity contribution in [3.63, 3.8) is 0 Å².